The van der Waals surface area contributed by atoms with E-state index < -0.39 is 15.9 Å². The SMILES string of the molecule is CCN(CC)CCN(C(=O)C1CCCN(S(=O)(=O)c2ccc(Cl)s2)C1)c1nc2c(C)cccc2s1. The van der Waals surface area contributed by atoms with Gasteiger partial charge in [-0.25, -0.2) is 13.4 Å². The van der Waals surface area contributed by atoms with E-state index in [0.29, 0.717) is 35.4 Å². The number of thiophene rings is 1. The molecule has 1 fully saturated rings. The number of carbonyl (C=O) groups is 1. The van der Waals surface area contributed by atoms with Crippen molar-refractivity contribution < 1.29 is 13.2 Å². The third-order valence-corrected chi connectivity index (χ3v) is 11.1. The van der Waals surface area contributed by atoms with E-state index in [4.69, 9.17) is 16.6 Å². The van der Waals surface area contributed by atoms with Crippen molar-refractivity contribution >= 4 is 65.6 Å². The van der Waals surface area contributed by atoms with Crippen LogP contribution in [0.2, 0.25) is 4.34 Å². The summed E-state index contributed by atoms with van der Waals surface area (Å²) in [5.74, 6) is -0.475. The number of halogens is 1. The molecule has 3 aromatic rings. The van der Waals surface area contributed by atoms with E-state index in [2.05, 4.69) is 18.7 Å². The maximum Gasteiger partial charge on any atom is 0.252 e. The average Bonchev–Trinajstić information content (AvgIpc) is 3.49. The predicted octanol–water partition coefficient (Wildman–Crippen LogP) is 5.10. The molecule has 0 radical (unpaired) electrons. The maximum absolute atomic E-state index is 13.9. The zero-order valence-electron chi connectivity index (χ0n) is 20.2. The summed E-state index contributed by atoms with van der Waals surface area (Å²) in [6.07, 6.45) is 1.29. The Hall–Kier alpha value is -1.56. The van der Waals surface area contributed by atoms with Crippen LogP contribution >= 0.6 is 34.3 Å². The lowest BCUT2D eigenvalue weighted by Crippen LogP contribution is -2.48. The van der Waals surface area contributed by atoms with Crippen molar-refractivity contribution in [3.8, 4) is 0 Å². The van der Waals surface area contributed by atoms with Gasteiger partial charge in [0, 0.05) is 26.2 Å². The molecule has 0 N–H and O–H groups in total. The van der Waals surface area contributed by atoms with Crippen LogP contribution in [0, 0.1) is 12.8 Å². The topological polar surface area (TPSA) is 73.8 Å². The second-order valence-corrected chi connectivity index (χ2v) is 13.6. The fourth-order valence-corrected chi connectivity index (χ4v) is 8.65. The third kappa shape index (κ3) is 5.73. The number of aryl methyl sites for hydroxylation is 1. The molecule has 11 heteroatoms. The van der Waals surface area contributed by atoms with Gasteiger partial charge in [0.2, 0.25) is 5.91 Å². The number of para-hydroxylation sites is 1. The summed E-state index contributed by atoms with van der Waals surface area (Å²) in [5, 5.41) is 0.677. The Kier molecular flexibility index (Phi) is 8.50. The largest absolute Gasteiger partial charge is 0.302 e. The van der Waals surface area contributed by atoms with Crippen LogP contribution in [0.5, 0.6) is 0 Å². The van der Waals surface area contributed by atoms with Crippen LogP contribution in [0.1, 0.15) is 32.3 Å². The number of piperidine rings is 1. The van der Waals surface area contributed by atoms with E-state index in [0.717, 1.165) is 46.8 Å². The maximum atomic E-state index is 13.9. The minimum atomic E-state index is -3.68. The standard InChI is InChI=1S/C24H31ClN4O3S3/c1-4-27(5-2)14-15-29(24-26-22-17(3)8-6-10-19(22)33-24)23(30)18-9-7-13-28(16-18)35(31,32)21-12-11-20(25)34-21/h6,8,10-12,18H,4-5,7,9,13-16H2,1-3H3. The van der Waals surface area contributed by atoms with Gasteiger partial charge in [0.25, 0.3) is 10.0 Å². The molecular formula is C24H31ClN4O3S3. The highest BCUT2D eigenvalue weighted by Gasteiger charge is 2.36. The number of aromatic nitrogens is 1. The van der Waals surface area contributed by atoms with Gasteiger partial charge in [-0.2, -0.15) is 4.31 Å². The van der Waals surface area contributed by atoms with E-state index in [-0.39, 0.29) is 16.7 Å². The number of anilines is 1. The summed E-state index contributed by atoms with van der Waals surface area (Å²) in [6.45, 7) is 9.86. The number of thiazole rings is 1. The number of fused-ring (bicyclic) bond motifs is 1. The second kappa shape index (κ2) is 11.2. The third-order valence-electron chi connectivity index (χ3n) is 6.52. The molecule has 1 atom stereocenters. The molecule has 0 saturated carbocycles. The summed E-state index contributed by atoms with van der Waals surface area (Å²) in [6, 6.07) is 9.18. The van der Waals surface area contributed by atoms with E-state index in [9.17, 15) is 13.2 Å². The summed E-state index contributed by atoms with van der Waals surface area (Å²) in [7, 11) is -3.68. The molecule has 0 aliphatic carbocycles. The van der Waals surface area contributed by atoms with Crippen LogP contribution in [-0.4, -0.2) is 67.8 Å². The van der Waals surface area contributed by atoms with Crippen LogP contribution < -0.4 is 4.90 Å². The lowest BCUT2D eigenvalue weighted by atomic mass is 9.98. The molecule has 190 valence electrons. The normalized spacial score (nSPS) is 17.3. The second-order valence-electron chi connectivity index (χ2n) is 8.70. The predicted molar refractivity (Wildman–Crippen MR) is 145 cm³/mol. The van der Waals surface area contributed by atoms with Crippen molar-refractivity contribution in [1.29, 1.82) is 0 Å². The van der Waals surface area contributed by atoms with Gasteiger partial charge in [-0.1, -0.05) is 48.9 Å². The molecule has 1 aliphatic heterocycles. The number of hydrogen-bond acceptors (Lipinski definition) is 7. The van der Waals surface area contributed by atoms with Crippen molar-refractivity contribution in [2.24, 2.45) is 5.92 Å². The van der Waals surface area contributed by atoms with Crippen molar-refractivity contribution in [3.63, 3.8) is 0 Å². The first kappa shape index (κ1) is 26.5. The van der Waals surface area contributed by atoms with E-state index in [1.807, 2.05) is 25.1 Å². The quantitative estimate of drug-likeness (QED) is 0.368. The number of hydrogen-bond donors (Lipinski definition) is 0. The number of sulfonamides is 1. The lowest BCUT2D eigenvalue weighted by molar-refractivity contribution is -0.123. The Morgan fingerprint density at radius 1 is 1.17 bits per heavy atom. The Morgan fingerprint density at radius 3 is 2.60 bits per heavy atom. The first-order valence-electron chi connectivity index (χ1n) is 11.9. The zero-order chi connectivity index (χ0) is 25.2. The van der Waals surface area contributed by atoms with Crippen LogP contribution in [0.25, 0.3) is 10.2 Å². The van der Waals surface area contributed by atoms with Crippen LogP contribution in [-0.2, 0) is 14.8 Å². The van der Waals surface area contributed by atoms with E-state index in [1.165, 1.54) is 21.7 Å². The average molecular weight is 555 g/mol. The molecule has 1 aromatic carbocycles. The van der Waals surface area contributed by atoms with Crippen molar-refractivity contribution in [2.75, 3.05) is 44.2 Å². The first-order valence-corrected chi connectivity index (χ1v) is 15.3. The molecule has 1 saturated heterocycles. The highest BCUT2D eigenvalue weighted by atomic mass is 35.5. The first-order chi connectivity index (χ1) is 16.7. The summed E-state index contributed by atoms with van der Waals surface area (Å²) in [4.78, 5) is 22.8. The van der Waals surface area contributed by atoms with Gasteiger partial charge in [-0.05, 0) is 56.6 Å². The molecule has 1 unspecified atom stereocenters. The molecule has 1 aliphatic rings. The van der Waals surface area contributed by atoms with E-state index >= 15 is 0 Å². The van der Waals surface area contributed by atoms with Gasteiger partial charge in [0.1, 0.15) is 4.21 Å². The summed E-state index contributed by atoms with van der Waals surface area (Å²) < 4.78 is 29.5. The van der Waals surface area contributed by atoms with Crippen LogP contribution in [0.15, 0.2) is 34.5 Å². The Bertz CT molecular complexity index is 1290. The minimum Gasteiger partial charge on any atom is -0.302 e. The molecule has 1 amide bonds. The van der Waals surface area contributed by atoms with Gasteiger partial charge >= 0.3 is 0 Å². The number of carbonyl (C=O) groups excluding carboxylic acids is 1. The van der Waals surface area contributed by atoms with Crippen molar-refractivity contribution in [1.82, 2.24) is 14.2 Å². The molecule has 35 heavy (non-hydrogen) atoms. The zero-order valence-corrected chi connectivity index (χ0v) is 23.4. The molecule has 4 rings (SSSR count). The number of rotatable bonds is 9. The van der Waals surface area contributed by atoms with Crippen LogP contribution in [0.3, 0.4) is 0 Å². The fourth-order valence-electron chi connectivity index (χ4n) is 4.42. The van der Waals surface area contributed by atoms with Crippen LogP contribution in [0.4, 0.5) is 5.13 Å². The molecular weight excluding hydrogens is 524 g/mol. The Morgan fingerprint density at radius 2 is 1.94 bits per heavy atom. The number of amides is 1. The van der Waals surface area contributed by atoms with Crippen molar-refractivity contribution in [3.05, 3.63) is 40.2 Å². The molecule has 7 nitrogen and oxygen atoms in total. The van der Waals surface area contributed by atoms with Gasteiger partial charge < -0.3 is 4.90 Å². The Balaban J connectivity index is 1.60. The number of likely N-dealkylation sites (N-methyl/N-ethyl adjacent to an activating group) is 1. The summed E-state index contributed by atoms with van der Waals surface area (Å²) >= 11 is 8.55. The van der Waals surface area contributed by atoms with E-state index in [1.54, 1.807) is 11.0 Å². The fraction of sp³-hybridized carbons (Fsp3) is 0.500. The highest BCUT2D eigenvalue weighted by molar-refractivity contribution is 7.91. The van der Waals surface area contributed by atoms with Gasteiger partial charge in [-0.15, -0.1) is 11.3 Å². The molecule has 0 bridgehead atoms. The van der Waals surface area contributed by atoms with Gasteiger partial charge in [-0.3, -0.25) is 9.69 Å². The number of benzene rings is 1. The monoisotopic (exact) mass is 554 g/mol. The number of nitrogens with zero attached hydrogens (tertiary/aromatic N) is 4. The molecule has 2 aromatic heterocycles. The Labute approximate surface area is 220 Å². The van der Waals surface area contributed by atoms with Crippen molar-refractivity contribution in [2.45, 2.75) is 37.8 Å². The molecule has 3 heterocycles. The highest BCUT2D eigenvalue weighted by Crippen LogP contribution is 2.34. The lowest BCUT2D eigenvalue weighted by Gasteiger charge is -2.34. The summed E-state index contributed by atoms with van der Waals surface area (Å²) in [5.41, 5.74) is 1.99. The minimum absolute atomic E-state index is 0.0574. The molecule has 0 spiro atoms. The smallest absolute Gasteiger partial charge is 0.252 e. The van der Waals surface area contributed by atoms with Gasteiger partial charge in [0.05, 0.1) is 20.5 Å². The van der Waals surface area contributed by atoms with Gasteiger partial charge in [0.15, 0.2) is 5.13 Å².